The molecule has 0 saturated heterocycles. The van der Waals surface area contributed by atoms with Crippen LogP contribution in [0.1, 0.15) is 11.1 Å². The van der Waals surface area contributed by atoms with Crippen LogP contribution in [0.15, 0.2) is 59.0 Å². The quantitative estimate of drug-likeness (QED) is 0.387. The molecule has 4 rings (SSSR count). The van der Waals surface area contributed by atoms with E-state index in [0.29, 0.717) is 44.0 Å². The predicted molar refractivity (Wildman–Crippen MR) is 120 cm³/mol. The zero-order chi connectivity index (χ0) is 21.3. The maximum absolute atomic E-state index is 12.3. The molecule has 1 amide bonds. The number of carbonyl (C=O) groups is 1. The predicted octanol–water partition coefficient (Wildman–Crippen LogP) is 6.44. The number of nitrogens with zero attached hydrogens (tertiary/aromatic N) is 1. The van der Waals surface area contributed by atoms with Crippen molar-refractivity contribution in [2.45, 2.75) is 13.8 Å². The number of hydrogen-bond acceptors (Lipinski definition) is 4. The number of aromatic nitrogens is 1. The zero-order valence-corrected chi connectivity index (χ0v) is 17.8. The highest BCUT2D eigenvalue weighted by atomic mass is 35.5. The second kappa shape index (κ2) is 8.38. The summed E-state index contributed by atoms with van der Waals surface area (Å²) in [6.45, 7) is 3.88. The highest BCUT2D eigenvalue weighted by Crippen LogP contribution is 2.32. The number of fused-ring (bicyclic) bond motifs is 1. The van der Waals surface area contributed by atoms with Gasteiger partial charge >= 0.3 is 0 Å². The van der Waals surface area contributed by atoms with Crippen LogP contribution in [0.2, 0.25) is 10.0 Å². The van der Waals surface area contributed by atoms with Crippen molar-refractivity contribution in [1.82, 2.24) is 4.98 Å². The molecule has 30 heavy (non-hydrogen) atoms. The molecular weight excluding hydrogens is 423 g/mol. The molecule has 1 aromatic heterocycles. The summed E-state index contributed by atoms with van der Waals surface area (Å²) in [5.41, 5.74) is 4.50. The zero-order valence-electron chi connectivity index (χ0n) is 16.3. The Labute approximate surface area is 183 Å². The molecule has 7 heteroatoms. The maximum atomic E-state index is 12.3. The van der Waals surface area contributed by atoms with Gasteiger partial charge in [-0.2, -0.15) is 0 Å². The SMILES string of the molecule is Cc1cc(C)cc(OCC(=O)Nc2cccc(-c3nc4cc(Cl)cc(Cl)c4o3)c2)c1. The van der Waals surface area contributed by atoms with Gasteiger partial charge in [-0.05, 0) is 67.4 Å². The van der Waals surface area contributed by atoms with Crippen LogP contribution in [0, 0.1) is 13.8 Å². The number of aryl methyl sites for hydroxylation is 2. The number of carbonyl (C=O) groups excluding carboxylic acids is 1. The maximum Gasteiger partial charge on any atom is 0.262 e. The van der Waals surface area contributed by atoms with E-state index in [0.717, 1.165) is 11.1 Å². The van der Waals surface area contributed by atoms with Crippen molar-refractivity contribution in [3.8, 4) is 17.2 Å². The molecule has 0 aliphatic carbocycles. The highest BCUT2D eigenvalue weighted by Gasteiger charge is 2.13. The minimum atomic E-state index is -0.265. The van der Waals surface area contributed by atoms with Gasteiger partial charge in [-0.15, -0.1) is 0 Å². The van der Waals surface area contributed by atoms with Crippen LogP contribution in [0.5, 0.6) is 5.75 Å². The summed E-state index contributed by atoms with van der Waals surface area (Å²) in [6, 6.07) is 16.3. The molecule has 5 nitrogen and oxygen atoms in total. The van der Waals surface area contributed by atoms with Crippen molar-refractivity contribution >= 4 is 45.9 Å². The Kier molecular flexibility index (Phi) is 5.66. The third-order valence-corrected chi connectivity index (χ3v) is 4.87. The summed E-state index contributed by atoms with van der Waals surface area (Å²) in [5, 5.41) is 3.70. The third kappa shape index (κ3) is 4.58. The van der Waals surface area contributed by atoms with Crippen molar-refractivity contribution in [3.63, 3.8) is 0 Å². The van der Waals surface area contributed by atoms with E-state index in [1.165, 1.54) is 0 Å². The first-order chi connectivity index (χ1) is 14.4. The molecule has 0 aliphatic heterocycles. The first-order valence-electron chi connectivity index (χ1n) is 9.24. The molecule has 152 valence electrons. The number of halogens is 2. The van der Waals surface area contributed by atoms with E-state index in [1.807, 2.05) is 38.1 Å². The van der Waals surface area contributed by atoms with Gasteiger partial charge in [0, 0.05) is 16.3 Å². The molecule has 3 aromatic carbocycles. The Morgan fingerprint density at radius 1 is 1.07 bits per heavy atom. The Balaban J connectivity index is 1.48. The van der Waals surface area contributed by atoms with E-state index in [-0.39, 0.29) is 12.5 Å². The van der Waals surface area contributed by atoms with Crippen LogP contribution in [0.3, 0.4) is 0 Å². The lowest BCUT2D eigenvalue weighted by atomic mass is 10.1. The van der Waals surface area contributed by atoms with Crippen molar-refractivity contribution in [1.29, 1.82) is 0 Å². The first kappa shape index (κ1) is 20.3. The minimum Gasteiger partial charge on any atom is -0.484 e. The normalized spacial score (nSPS) is 10.9. The van der Waals surface area contributed by atoms with Crippen LogP contribution < -0.4 is 10.1 Å². The number of benzene rings is 3. The molecule has 0 spiro atoms. The second-order valence-corrected chi connectivity index (χ2v) is 7.84. The van der Waals surface area contributed by atoms with Gasteiger partial charge in [0.15, 0.2) is 12.2 Å². The monoisotopic (exact) mass is 440 g/mol. The van der Waals surface area contributed by atoms with E-state index in [2.05, 4.69) is 10.3 Å². The van der Waals surface area contributed by atoms with Gasteiger partial charge in [0.2, 0.25) is 5.89 Å². The molecule has 0 saturated carbocycles. The fourth-order valence-electron chi connectivity index (χ4n) is 3.18. The number of nitrogens with one attached hydrogen (secondary N) is 1. The Morgan fingerprint density at radius 3 is 2.60 bits per heavy atom. The molecule has 0 bridgehead atoms. The lowest BCUT2D eigenvalue weighted by Gasteiger charge is -2.09. The summed E-state index contributed by atoms with van der Waals surface area (Å²) in [7, 11) is 0. The molecule has 4 aromatic rings. The number of oxazole rings is 1. The van der Waals surface area contributed by atoms with Crippen molar-refractivity contribution < 1.29 is 13.9 Å². The lowest BCUT2D eigenvalue weighted by Crippen LogP contribution is -2.20. The van der Waals surface area contributed by atoms with Crippen molar-refractivity contribution in [2.24, 2.45) is 0 Å². The second-order valence-electron chi connectivity index (χ2n) is 7.00. The fourth-order valence-corrected chi connectivity index (χ4v) is 3.70. The molecule has 0 fully saturated rings. The number of ether oxygens (including phenoxy) is 1. The molecule has 1 heterocycles. The first-order valence-corrected chi connectivity index (χ1v) is 10.00. The smallest absolute Gasteiger partial charge is 0.262 e. The average Bonchev–Trinajstić information content (AvgIpc) is 3.10. The van der Waals surface area contributed by atoms with Gasteiger partial charge in [-0.25, -0.2) is 4.98 Å². The van der Waals surface area contributed by atoms with Gasteiger partial charge < -0.3 is 14.5 Å². The van der Waals surface area contributed by atoms with Crippen molar-refractivity contribution in [2.75, 3.05) is 11.9 Å². The fraction of sp³-hybridized carbons (Fsp3) is 0.130. The summed E-state index contributed by atoms with van der Waals surface area (Å²) in [4.78, 5) is 16.8. The largest absolute Gasteiger partial charge is 0.484 e. The Hall–Kier alpha value is -3.02. The van der Waals surface area contributed by atoms with Gasteiger partial charge in [-0.1, -0.05) is 35.3 Å². The summed E-state index contributed by atoms with van der Waals surface area (Å²) >= 11 is 12.2. The van der Waals surface area contributed by atoms with Gasteiger partial charge in [0.05, 0.1) is 5.02 Å². The van der Waals surface area contributed by atoms with E-state index in [9.17, 15) is 4.79 Å². The van der Waals surface area contributed by atoms with E-state index >= 15 is 0 Å². The molecule has 1 N–H and O–H groups in total. The van der Waals surface area contributed by atoms with E-state index in [4.69, 9.17) is 32.4 Å². The lowest BCUT2D eigenvalue weighted by molar-refractivity contribution is -0.118. The van der Waals surface area contributed by atoms with E-state index in [1.54, 1.807) is 30.3 Å². The number of rotatable bonds is 5. The van der Waals surface area contributed by atoms with Gasteiger partial charge in [0.1, 0.15) is 11.3 Å². The highest BCUT2D eigenvalue weighted by molar-refractivity contribution is 6.38. The summed E-state index contributed by atoms with van der Waals surface area (Å²) in [6.07, 6.45) is 0. The standard InChI is InChI=1S/C23H18Cl2N2O3/c1-13-6-14(2)8-18(7-13)29-12-21(28)26-17-5-3-4-15(9-17)23-27-20-11-16(24)10-19(25)22(20)30-23/h3-11H,12H2,1-2H3,(H,26,28). The number of amides is 1. The number of anilines is 1. The Morgan fingerprint density at radius 2 is 1.83 bits per heavy atom. The molecule has 0 unspecified atom stereocenters. The molecule has 0 radical (unpaired) electrons. The van der Waals surface area contributed by atoms with Crippen LogP contribution in [0.25, 0.3) is 22.6 Å². The van der Waals surface area contributed by atoms with Crippen LogP contribution in [-0.4, -0.2) is 17.5 Å². The Bertz CT molecular complexity index is 1230. The minimum absolute atomic E-state index is 0.0931. The topological polar surface area (TPSA) is 64.4 Å². The summed E-state index contributed by atoms with van der Waals surface area (Å²) in [5.74, 6) is 0.786. The molecule has 0 atom stereocenters. The van der Waals surface area contributed by atoms with Crippen LogP contribution >= 0.6 is 23.2 Å². The molecule has 0 aliphatic rings. The summed E-state index contributed by atoms with van der Waals surface area (Å²) < 4.78 is 11.4. The van der Waals surface area contributed by atoms with Gasteiger partial charge in [0.25, 0.3) is 5.91 Å². The van der Waals surface area contributed by atoms with Crippen LogP contribution in [0.4, 0.5) is 5.69 Å². The van der Waals surface area contributed by atoms with Crippen molar-refractivity contribution in [3.05, 3.63) is 75.8 Å². The van der Waals surface area contributed by atoms with Crippen LogP contribution in [-0.2, 0) is 4.79 Å². The van der Waals surface area contributed by atoms with Gasteiger partial charge in [-0.3, -0.25) is 4.79 Å². The number of hydrogen-bond donors (Lipinski definition) is 1. The molecular formula is C23H18Cl2N2O3. The third-order valence-electron chi connectivity index (χ3n) is 4.37. The van der Waals surface area contributed by atoms with E-state index < -0.39 is 0 Å². The average molecular weight is 441 g/mol.